The van der Waals surface area contributed by atoms with Crippen LogP contribution >= 0.6 is 0 Å². The van der Waals surface area contributed by atoms with E-state index < -0.39 is 12.0 Å². The van der Waals surface area contributed by atoms with Crippen molar-refractivity contribution in [1.82, 2.24) is 5.06 Å². The number of carbonyl (C=O) groups excluding carboxylic acids is 1. The van der Waals surface area contributed by atoms with Crippen molar-refractivity contribution in [1.29, 1.82) is 0 Å². The van der Waals surface area contributed by atoms with Crippen molar-refractivity contribution in [2.75, 3.05) is 0 Å². The molecule has 0 aliphatic carbocycles. The van der Waals surface area contributed by atoms with Crippen molar-refractivity contribution in [2.45, 2.75) is 38.8 Å². The van der Waals surface area contributed by atoms with Gasteiger partial charge in [-0.1, -0.05) is 50.1 Å². The molecular formula is C14H19NO4. The van der Waals surface area contributed by atoms with E-state index >= 15 is 0 Å². The molecule has 1 atom stereocenters. The lowest BCUT2D eigenvalue weighted by Gasteiger charge is -2.23. The molecule has 5 heteroatoms. The molecule has 1 unspecified atom stereocenters. The van der Waals surface area contributed by atoms with Gasteiger partial charge in [-0.3, -0.25) is 9.63 Å². The molecule has 0 aromatic heterocycles. The van der Waals surface area contributed by atoms with Crippen molar-refractivity contribution in [2.24, 2.45) is 0 Å². The maximum atomic E-state index is 11.1. The second-order valence-corrected chi connectivity index (χ2v) is 4.22. The molecule has 0 saturated carbocycles. The van der Waals surface area contributed by atoms with Crippen LogP contribution in [0.3, 0.4) is 0 Å². The largest absolute Gasteiger partial charge is 0.480 e. The van der Waals surface area contributed by atoms with Gasteiger partial charge in [-0.05, 0) is 12.0 Å². The number of aliphatic carboxylic acids is 1. The van der Waals surface area contributed by atoms with E-state index in [4.69, 9.17) is 9.94 Å². The minimum Gasteiger partial charge on any atom is -0.480 e. The van der Waals surface area contributed by atoms with Crippen LogP contribution in [0.4, 0.5) is 0 Å². The quantitative estimate of drug-likeness (QED) is 0.549. The maximum absolute atomic E-state index is 11.1. The monoisotopic (exact) mass is 265 g/mol. The van der Waals surface area contributed by atoms with E-state index in [1.54, 1.807) is 0 Å². The molecule has 1 aromatic carbocycles. The minimum atomic E-state index is -1.05. The summed E-state index contributed by atoms with van der Waals surface area (Å²) in [7, 11) is 0. The molecule has 0 radical (unpaired) electrons. The molecule has 0 aliphatic rings. The van der Waals surface area contributed by atoms with Gasteiger partial charge in [-0.25, -0.2) is 9.86 Å². The Morgan fingerprint density at radius 1 is 1.42 bits per heavy atom. The Balaban J connectivity index is 2.59. The third-order valence-electron chi connectivity index (χ3n) is 2.75. The topological polar surface area (TPSA) is 66.8 Å². The predicted molar refractivity (Wildman–Crippen MR) is 70.1 cm³/mol. The number of benzene rings is 1. The second kappa shape index (κ2) is 8.26. The first-order valence-electron chi connectivity index (χ1n) is 6.32. The van der Waals surface area contributed by atoms with Gasteiger partial charge in [-0.2, -0.15) is 0 Å². The van der Waals surface area contributed by atoms with Crippen LogP contribution in [-0.2, 0) is 21.0 Å². The molecule has 1 rings (SSSR count). The van der Waals surface area contributed by atoms with Crippen molar-refractivity contribution < 1.29 is 19.5 Å². The number of carboxylic acid groups (broad SMARTS) is 1. The zero-order valence-electron chi connectivity index (χ0n) is 11.0. The van der Waals surface area contributed by atoms with Crippen LogP contribution in [0.5, 0.6) is 0 Å². The normalized spacial score (nSPS) is 11.8. The first-order chi connectivity index (χ1) is 9.19. The highest BCUT2D eigenvalue weighted by Crippen LogP contribution is 2.10. The zero-order chi connectivity index (χ0) is 14.1. The van der Waals surface area contributed by atoms with Crippen molar-refractivity contribution in [3.05, 3.63) is 35.9 Å². The van der Waals surface area contributed by atoms with Gasteiger partial charge in [0.25, 0.3) is 0 Å². The Morgan fingerprint density at radius 2 is 2.11 bits per heavy atom. The van der Waals surface area contributed by atoms with Gasteiger partial charge in [0.05, 0.1) is 0 Å². The molecule has 1 aromatic rings. The molecule has 104 valence electrons. The van der Waals surface area contributed by atoms with Gasteiger partial charge in [0.2, 0.25) is 6.41 Å². The van der Waals surface area contributed by atoms with E-state index in [1.807, 2.05) is 37.3 Å². The molecule has 0 aliphatic heterocycles. The average Bonchev–Trinajstić information content (AvgIpc) is 2.43. The molecule has 0 spiro atoms. The summed E-state index contributed by atoms with van der Waals surface area (Å²) in [6, 6.07) is 8.37. The van der Waals surface area contributed by atoms with E-state index in [0.717, 1.165) is 23.5 Å². The lowest BCUT2D eigenvalue weighted by Crippen LogP contribution is -2.40. The van der Waals surface area contributed by atoms with Crippen LogP contribution in [0, 0.1) is 0 Å². The molecule has 0 heterocycles. The summed E-state index contributed by atoms with van der Waals surface area (Å²) in [4.78, 5) is 27.4. The van der Waals surface area contributed by atoms with Crippen LogP contribution in [0.15, 0.2) is 30.3 Å². The number of hydrogen-bond donors (Lipinski definition) is 1. The van der Waals surface area contributed by atoms with Crippen LogP contribution < -0.4 is 0 Å². The average molecular weight is 265 g/mol. The van der Waals surface area contributed by atoms with Gasteiger partial charge >= 0.3 is 5.97 Å². The number of hydroxylamine groups is 2. The van der Waals surface area contributed by atoms with Gasteiger partial charge in [0, 0.05) is 0 Å². The first-order valence-corrected chi connectivity index (χ1v) is 6.32. The molecule has 0 fully saturated rings. The fourth-order valence-corrected chi connectivity index (χ4v) is 1.67. The van der Waals surface area contributed by atoms with Crippen LogP contribution in [0.25, 0.3) is 0 Å². The third-order valence-corrected chi connectivity index (χ3v) is 2.75. The number of nitrogens with zero attached hydrogens (tertiary/aromatic N) is 1. The lowest BCUT2D eigenvalue weighted by molar-refractivity contribution is -0.201. The van der Waals surface area contributed by atoms with Crippen molar-refractivity contribution in [3.63, 3.8) is 0 Å². The van der Waals surface area contributed by atoms with Gasteiger partial charge < -0.3 is 5.11 Å². The Bertz CT molecular complexity index is 394. The summed E-state index contributed by atoms with van der Waals surface area (Å²) in [6.45, 7) is 2.14. The Hall–Kier alpha value is -1.88. The molecule has 1 N–H and O–H groups in total. The molecular weight excluding hydrogens is 246 g/mol. The lowest BCUT2D eigenvalue weighted by atomic mass is 10.1. The van der Waals surface area contributed by atoms with E-state index in [9.17, 15) is 9.59 Å². The number of hydrogen-bond acceptors (Lipinski definition) is 3. The van der Waals surface area contributed by atoms with Crippen LogP contribution in [0.1, 0.15) is 31.7 Å². The SMILES string of the molecule is CCCCC(C(=O)O)N(C=O)OCc1ccccc1. The summed E-state index contributed by atoms with van der Waals surface area (Å²) < 4.78 is 0. The Morgan fingerprint density at radius 3 is 2.63 bits per heavy atom. The molecule has 5 nitrogen and oxygen atoms in total. The molecule has 19 heavy (non-hydrogen) atoms. The summed E-state index contributed by atoms with van der Waals surface area (Å²) in [5, 5.41) is 10.0. The smallest absolute Gasteiger partial charge is 0.329 e. The number of unbranched alkanes of at least 4 members (excludes halogenated alkanes) is 1. The number of carboxylic acids is 1. The first kappa shape index (κ1) is 15.2. The highest BCUT2D eigenvalue weighted by Gasteiger charge is 2.25. The highest BCUT2D eigenvalue weighted by atomic mass is 16.7. The summed E-state index contributed by atoms with van der Waals surface area (Å²) in [5.41, 5.74) is 0.883. The summed E-state index contributed by atoms with van der Waals surface area (Å²) in [6.07, 6.45) is 2.42. The van der Waals surface area contributed by atoms with E-state index in [1.165, 1.54) is 0 Å². The number of amides is 1. The van der Waals surface area contributed by atoms with Gasteiger partial charge in [-0.15, -0.1) is 0 Å². The van der Waals surface area contributed by atoms with E-state index in [-0.39, 0.29) is 6.61 Å². The van der Waals surface area contributed by atoms with Crippen LogP contribution in [-0.4, -0.2) is 28.6 Å². The zero-order valence-corrected chi connectivity index (χ0v) is 11.0. The molecule has 0 saturated heterocycles. The minimum absolute atomic E-state index is 0.176. The summed E-state index contributed by atoms with van der Waals surface area (Å²) in [5.74, 6) is -1.05. The highest BCUT2D eigenvalue weighted by molar-refractivity contribution is 5.75. The number of rotatable bonds is 9. The van der Waals surface area contributed by atoms with Crippen molar-refractivity contribution in [3.8, 4) is 0 Å². The fourth-order valence-electron chi connectivity index (χ4n) is 1.67. The van der Waals surface area contributed by atoms with E-state index in [2.05, 4.69) is 0 Å². The van der Waals surface area contributed by atoms with Crippen molar-refractivity contribution >= 4 is 12.4 Å². The Kier molecular flexibility index (Phi) is 6.60. The molecule has 0 bridgehead atoms. The van der Waals surface area contributed by atoms with E-state index in [0.29, 0.717) is 12.8 Å². The summed E-state index contributed by atoms with van der Waals surface area (Å²) >= 11 is 0. The number of carbonyl (C=O) groups is 2. The standard InChI is InChI=1S/C14H19NO4/c1-2-3-9-13(14(17)18)15(11-16)19-10-12-7-5-4-6-8-12/h4-8,11,13H,2-3,9-10H2,1H3,(H,17,18). The predicted octanol–water partition coefficient (Wildman–Crippen LogP) is 2.22. The second-order valence-electron chi connectivity index (χ2n) is 4.22. The van der Waals surface area contributed by atoms with Crippen LogP contribution in [0.2, 0.25) is 0 Å². The maximum Gasteiger partial charge on any atom is 0.329 e. The molecule has 1 amide bonds. The van der Waals surface area contributed by atoms with Gasteiger partial charge in [0.15, 0.2) is 6.04 Å². The third kappa shape index (κ3) is 5.09. The fraction of sp³-hybridized carbons (Fsp3) is 0.429. The Labute approximate surface area is 112 Å². The van der Waals surface area contributed by atoms with Gasteiger partial charge in [0.1, 0.15) is 6.61 Å².